The smallest absolute Gasteiger partial charge is 0.249 e. The van der Waals surface area contributed by atoms with Crippen LogP contribution in [0.4, 0.5) is 5.82 Å². The van der Waals surface area contributed by atoms with Gasteiger partial charge in [-0.05, 0) is 18.9 Å². The molecular formula is C18H23N7O3. The first-order valence-electron chi connectivity index (χ1n) is 9.11. The molecule has 3 aromatic heterocycles. The maximum absolute atomic E-state index is 12.3. The van der Waals surface area contributed by atoms with Crippen molar-refractivity contribution in [2.45, 2.75) is 25.2 Å². The van der Waals surface area contributed by atoms with Crippen molar-refractivity contribution in [2.24, 2.45) is 7.05 Å². The third-order valence-electron chi connectivity index (χ3n) is 4.83. The zero-order valence-corrected chi connectivity index (χ0v) is 15.8. The van der Waals surface area contributed by atoms with E-state index in [1.54, 1.807) is 11.8 Å². The molecule has 0 aliphatic carbocycles. The van der Waals surface area contributed by atoms with Crippen LogP contribution in [0, 0.1) is 0 Å². The fraction of sp³-hybridized carbons (Fsp3) is 0.444. The molecule has 0 saturated carbocycles. The first-order valence-corrected chi connectivity index (χ1v) is 9.11. The summed E-state index contributed by atoms with van der Waals surface area (Å²) >= 11 is 0. The number of amides is 1. The Bertz CT molecular complexity index is 996. The number of nitrogens with zero attached hydrogens (tertiary/aromatic N) is 5. The minimum absolute atomic E-state index is 0.130. The number of fused-ring (bicyclic) bond motifs is 1. The number of nitrogens with two attached hydrogens (primary N) is 1. The van der Waals surface area contributed by atoms with Gasteiger partial charge in [0.25, 0.3) is 0 Å². The lowest BCUT2D eigenvalue weighted by atomic mass is 10.2. The van der Waals surface area contributed by atoms with E-state index in [2.05, 4.69) is 20.4 Å². The van der Waals surface area contributed by atoms with E-state index in [-0.39, 0.29) is 12.1 Å². The minimum atomic E-state index is -0.503. The highest BCUT2D eigenvalue weighted by molar-refractivity contribution is 5.99. The van der Waals surface area contributed by atoms with Crippen molar-refractivity contribution in [3.8, 4) is 11.3 Å². The summed E-state index contributed by atoms with van der Waals surface area (Å²) in [7, 11) is 3.45. The number of methoxy groups -OCH3 is 1. The summed E-state index contributed by atoms with van der Waals surface area (Å²) in [5.41, 5.74) is 8.42. The van der Waals surface area contributed by atoms with E-state index in [0.29, 0.717) is 37.5 Å². The number of nitrogen functional groups attached to an aromatic ring is 1. The standard InChI is InChI=1S/C18H23N7O3/c1-24-7-5-12(23-24)11-9-25(17-15(11)16(19)21-10-22-17)14-4-3-13(28-14)18(26)20-6-8-27-2/h5,7,9-10,13-14H,3-4,6,8H2,1-2H3,(H,20,26)(H2,19,21,22). The number of ether oxygens (including phenoxy) is 2. The minimum Gasteiger partial charge on any atom is -0.383 e. The molecule has 10 heteroatoms. The molecule has 1 aliphatic heterocycles. The molecule has 1 aliphatic rings. The monoisotopic (exact) mass is 385 g/mol. The van der Waals surface area contributed by atoms with Crippen LogP contribution in [0.3, 0.4) is 0 Å². The summed E-state index contributed by atoms with van der Waals surface area (Å²) in [5.74, 6) is 0.256. The van der Waals surface area contributed by atoms with Crippen molar-refractivity contribution in [1.82, 2.24) is 29.6 Å². The number of aromatic nitrogens is 5. The lowest BCUT2D eigenvalue weighted by Crippen LogP contribution is -2.36. The fourth-order valence-electron chi connectivity index (χ4n) is 3.49. The zero-order valence-electron chi connectivity index (χ0n) is 15.8. The largest absolute Gasteiger partial charge is 0.383 e. The summed E-state index contributed by atoms with van der Waals surface area (Å²) in [6.07, 6.45) is 5.73. The first kappa shape index (κ1) is 18.4. The van der Waals surface area contributed by atoms with Gasteiger partial charge in [0.2, 0.25) is 5.91 Å². The highest BCUT2D eigenvalue weighted by atomic mass is 16.5. The third kappa shape index (κ3) is 3.32. The molecular weight excluding hydrogens is 362 g/mol. The summed E-state index contributed by atoms with van der Waals surface area (Å²) < 4.78 is 14.6. The van der Waals surface area contributed by atoms with E-state index in [9.17, 15) is 4.79 Å². The van der Waals surface area contributed by atoms with E-state index >= 15 is 0 Å². The summed E-state index contributed by atoms with van der Waals surface area (Å²) in [5, 5.41) is 8.03. The van der Waals surface area contributed by atoms with Gasteiger partial charge in [0.1, 0.15) is 30.1 Å². The van der Waals surface area contributed by atoms with Gasteiger partial charge in [-0.1, -0.05) is 0 Å². The first-order chi connectivity index (χ1) is 13.6. The van der Waals surface area contributed by atoms with Crippen molar-refractivity contribution < 1.29 is 14.3 Å². The SMILES string of the molecule is COCCNC(=O)C1CCC(n2cc(-c3ccn(C)n3)c3c(N)ncnc32)O1. The predicted octanol–water partition coefficient (Wildman–Crippen LogP) is 0.854. The van der Waals surface area contributed by atoms with Crippen LogP contribution in [0.2, 0.25) is 0 Å². The van der Waals surface area contributed by atoms with Crippen LogP contribution in [-0.4, -0.2) is 56.6 Å². The van der Waals surface area contributed by atoms with E-state index in [0.717, 1.165) is 16.6 Å². The van der Waals surface area contributed by atoms with Gasteiger partial charge in [-0.15, -0.1) is 0 Å². The van der Waals surface area contributed by atoms with Gasteiger partial charge in [-0.2, -0.15) is 5.10 Å². The van der Waals surface area contributed by atoms with Crippen LogP contribution in [-0.2, 0) is 21.3 Å². The van der Waals surface area contributed by atoms with Crippen LogP contribution in [0.15, 0.2) is 24.8 Å². The summed E-state index contributed by atoms with van der Waals surface area (Å²) in [6, 6.07) is 1.91. The number of carbonyl (C=O) groups excluding carboxylic acids is 1. The fourth-order valence-corrected chi connectivity index (χ4v) is 3.49. The Balaban J connectivity index is 1.63. The molecule has 10 nitrogen and oxygen atoms in total. The van der Waals surface area contributed by atoms with Gasteiger partial charge in [-0.25, -0.2) is 9.97 Å². The molecule has 148 valence electrons. The van der Waals surface area contributed by atoms with Crippen LogP contribution in [0.25, 0.3) is 22.3 Å². The number of nitrogens with one attached hydrogen (secondary N) is 1. The predicted molar refractivity (Wildman–Crippen MR) is 102 cm³/mol. The normalized spacial score (nSPS) is 19.4. The molecule has 0 spiro atoms. The lowest BCUT2D eigenvalue weighted by molar-refractivity contribution is -0.134. The molecule has 1 saturated heterocycles. The molecule has 4 rings (SSSR count). The van der Waals surface area contributed by atoms with Crippen molar-refractivity contribution in [3.05, 3.63) is 24.8 Å². The van der Waals surface area contributed by atoms with E-state index < -0.39 is 6.10 Å². The van der Waals surface area contributed by atoms with Crippen LogP contribution >= 0.6 is 0 Å². The van der Waals surface area contributed by atoms with Crippen molar-refractivity contribution in [2.75, 3.05) is 26.0 Å². The Hall–Kier alpha value is -2.98. The lowest BCUT2D eigenvalue weighted by Gasteiger charge is -2.15. The molecule has 2 atom stereocenters. The molecule has 0 aromatic carbocycles. The van der Waals surface area contributed by atoms with Gasteiger partial charge < -0.3 is 25.1 Å². The van der Waals surface area contributed by atoms with Gasteiger partial charge in [-0.3, -0.25) is 9.48 Å². The number of rotatable bonds is 6. The average Bonchev–Trinajstić information content (AvgIpc) is 3.39. The number of anilines is 1. The molecule has 1 fully saturated rings. The number of carbonyl (C=O) groups is 1. The van der Waals surface area contributed by atoms with Crippen LogP contribution < -0.4 is 11.1 Å². The number of hydrogen-bond acceptors (Lipinski definition) is 7. The second kappa shape index (κ2) is 7.56. The Labute approximate surface area is 161 Å². The Kier molecular flexibility index (Phi) is 4.97. The van der Waals surface area contributed by atoms with Gasteiger partial charge in [0.15, 0.2) is 0 Å². The topological polar surface area (TPSA) is 122 Å². The number of hydrogen-bond donors (Lipinski definition) is 2. The highest BCUT2D eigenvalue weighted by Gasteiger charge is 2.33. The van der Waals surface area contributed by atoms with Gasteiger partial charge >= 0.3 is 0 Å². The zero-order chi connectivity index (χ0) is 19.7. The second-order valence-corrected chi connectivity index (χ2v) is 6.72. The number of aryl methyl sites for hydroxylation is 1. The Morgan fingerprint density at radius 3 is 3.04 bits per heavy atom. The maximum Gasteiger partial charge on any atom is 0.249 e. The average molecular weight is 385 g/mol. The van der Waals surface area contributed by atoms with E-state index in [1.807, 2.05) is 30.1 Å². The van der Waals surface area contributed by atoms with Gasteiger partial charge in [0, 0.05) is 38.7 Å². The Morgan fingerprint density at radius 1 is 1.43 bits per heavy atom. The molecule has 3 aromatic rings. The molecule has 2 unspecified atom stereocenters. The van der Waals surface area contributed by atoms with Crippen molar-refractivity contribution in [1.29, 1.82) is 0 Å². The van der Waals surface area contributed by atoms with Crippen LogP contribution in [0.5, 0.6) is 0 Å². The third-order valence-corrected chi connectivity index (χ3v) is 4.83. The van der Waals surface area contributed by atoms with Crippen molar-refractivity contribution >= 4 is 22.8 Å². The molecule has 3 N–H and O–H groups in total. The second-order valence-electron chi connectivity index (χ2n) is 6.72. The van der Waals surface area contributed by atoms with Crippen LogP contribution in [0.1, 0.15) is 19.1 Å². The summed E-state index contributed by atoms with van der Waals surface area (Å²) in [6.45, 7) is 0.924. The van der Waals surface area contributed by atoms with Crippen molar-refractivity contribution in [3.63, 3.8) is 0 Å². The molecule has 28 heavy (non-hydrogen) atoms. The summed E-state index contributed by atoms with van der Waals surface area (Å²) in [4.78, 5) is 20.8. The molecule has 1 amide bonds. The molecule has 0 radical (unpaired) electrons. The molecule has 0 bridgehead atoms. The Morgan fingerprint density at radius 2 is 2.29 bits per heavy atom. The van der Waals surface area contributed by atoms with E-state index in [4.69, 9.17) is 15.2 Å². The van der Waals surface area contributed by atoms with E-state index in [1.165, 1.54) is 6.33 Å². The highest BCUT2D eigenvalue weighted by Crippen LogP contribution is 2.37. The quantitative estimate of drug-likeness (QED) is 0.603. The maximum atomic E-state index is 12.3. The van der Waals surface area contributed by atoms with Gasteiger partial charge in [0.05, 0.1) is 17.7 Å². The molecule has 4 heterocycles.